The Hall–Kier alpha value is -3.10. The molecule has 128 valence electrons. The molecule has 0 aliphatic heterocycles. The normalized spacial score (nSPS) is 20.3. The summed E-state index contributed by atoms with van der Waals surface area (Å²) in [6.45, 7) is 0. The number of hydrogen-bond donors (Lipinski definition) is 1. The smallest absolute Gasteiger partial charge is 0.267 e. The van der Waals surface area contributed by atoms with Crippen molar-refractivity contribution in [3.8, 4) is 5.82 Å². The largest absolute Gasteiger partial charge is 0.366 e. The van der Waals surface area contributed by atoms with Crippen LogP contribution in [0.15, 0.2) is 48.2 Å². The summed E-state index contributed by atoms with van der Waals surface area (Å²) in [7, 11) is 0. The minimum Gasteiger partial charge on any atom is -0.366 e. The molecule has 1 fully saturated rings. The van der Waals surface area contributed by atoms with E-state index in [2.05, 4.69) is 30.5 Å². The molecule has 3 aromatic heterocycles. The summed E-state index contributed by atoms with van der Waals surface area (Å²) in [5.74, 6) is 1.38. The van der Waals surface area contributed by atoms with Crippen molar-refractivity contribution in [1.82, 2.24) is 34.5 Å². The van der Waals surface area contributed by atoms with Crippen LogP contribution in [0.4, 0.5) is 5.82 Å². The van der Waals surface area contributed by atoms with Gasteiger partial charge in [-0.1, -0.05) is 0 Å². The van der Waals surface area contributed by atoms with Crippen molar-refractivity contribution in [3.63, 3.8) is 0 Å². The Bertz CT molecular complexity index is 869. The van der Waals surface area contributed by atoms with Gasteiger partial charge in [-0.15, -0.1) is 5.10 Å². The van der Waals surface area contributed by atoms with Crippen LogP contribution in [0, 0.1) is 0 Å². The highest BCUT2D eigenvalue weighted by molar-refractivity contribution is 5.31. The van der Waals surface area contributed by atoms with Gasteiger partial charge in [-0.3, -0.25) is 9.78 Å². The van der Waals surface area contributed by atoms with E-state index < -0.39 is 0 Å². The fourth-order valence-corrected chi connectivity index (χ4v) is 3.17. The number of anilines is 1. The van der Waals surface area contributed by atoms with Gasteiger partial charge in [-0.25, -0.2) is 19.3 Å². The summed E-state index contributed by atoms with van der Waals surface area (Å²) in [5, 5.41) is 11.9. The molecule has 4 rings (SSSR count). The van der Waals surface area contributed by atoms with Gasteiger partial charge < -0.3 is 5.32 Å². The summed E-state index contributed by atoms with van der Waals surface area (Å²) in [5.41, 5.74) is -0.0887. The van der Waals surface area contributed by atoms with E-state index in [-0.39, 0.29) is 11.6 Å². The van der Waals surface area contributed by atoms with E-state index in [0.717, 1.165) is 31.5 Å². The van der Waals surface area contributed by atoms with E-state index >= 15 is 0 Å². The molecule has 9 nitrogen and oxygen atoms in total. The first-order valence-corrected chi connectivity index (χ1v) is 8.27. The third-order valence-electron chi connectivity index (χ3n) is 4.42. The first-order chi connectivity index (χ1) is 12.3. The molecule has 0 radical (unpaired) electrons. The van der Waals surface area contributed by atoms with Crippen LogP contribution in [0.25, 0.3) is 5.82 Å². The van der Waals surface area contributed by atoms with Crippen LogP contribution in [0.2, 0.25) is 0 Å². The zero-order valence-corrected chi connectivity index (χ0v) is 13.6. The van der Waals surface area contributed by atoms with Gasteiger partial charge in [0.25, 0.3) is 5.56 Å². The van der Waals surface area contributed by atoms with Crippen molar-refractivity contribution in [2.24, 2.45) is 0 Å². The molecule has 9 heteroatoms. The maximum atomic E-state index is 12.2. The van der Waals surface area contributed by atoms with Crippen molar-refractivity contribution in [3.05, 3.63) is 53.7 Å². The highest BCUT2D eigenvalue weighted by atomic mass is 16.1. The molecular weight excluding hydrogens is 320 g/mol. The summed E-state index contributed by atoms with van der Waals surface area (Å²) in [6.07, 6.45) is 11.7. The fourth-order valence-electron chi connectivity index (χ4n) is 3.17. The highest BCUT2D eigenvalue weighted by Crippen LogP contribution is 2.28. The van der Waals surface area contributed by atoms with E-state index in [1.807, 2.05) is 0 Å². The molecule has 1 aliphatic rings. The van der Waals surface area contributed by atoms with Crippen LogP contribution < -0.4 is 10.9 Å². The predicted octanol–water partition coefficient (Wildman–Crippen LogP) is 1.21. The van der Waals surface area contributed by atoms with Crippen molar-refractivity contribution >= 4 is 5.82 Å². The molecule has 3 heterocycles. The average molecular weight is 338 g/mol. The van der Waals surface area contributed by atoms with Gasteiger partial charge in [0.2, 0.25) is 0 Å². The molecule has 0 amide bonds. The molecule has 0 atom stereocenters. The van der Waals surface area contributed by atoms with Gasteiger partial charge in [-0.05, 0) is 31.7 Å². The zero-order valence-electron chi connectivity index (χ0n) is 13.6. The molecule has 0 unspecified atom stereocenters. The molecule has 3 aromatic rings. The van der Waals surface area contributed by atoms with Gasteiger partial charge in [0.05, 0.1) is 12.2 Å². The van der Waals surface area contributed by atoms with E-state index in [9.17, 15) is 4.79 Å². The SMILES string of the molecule is O=c1ccc(-n2cncn2)nn1C1CCC(Nc2cnccn2)CC1. The molecule has 1 saturated carbocycles. The van der Waals surface area contributed by atoms with Crippen LogP contribution >= 0.6 is 0 Å². The lowest BCUT2D eigenvalue weighted by atomic mass is 9.91. The lowest BCUT2D eigenvalue weighted by Gasteiger charge is -2.29. The molecule has 0 saturated heterocycles. The van der Waals surface area contributed by atoms with Crippen LogP contribution in [0.3, 0.4) is 0 Å². The second-order valence-electron chi connectivity index (χ2n) is 6.05. The van der Waals surface area contributed by atoms with Gasteiger partial charge in [0.15, 0.2) is 5.82 Å². The Morgan fingerprint density at radius 3 is 2.68 bits per heavy atom. The zero-order chi connectivity index (χ0) is 17.1. The summed E-state index contributed by atoms with van der Waals surface area (Å²) < 4.78 is 3.13. The Kier molecular flexibility index (Phi) is 4.19. The first-order valence-electron chi connectivity index (χ1n) is 8.27. The van der Waals surface area contributed by atoms with Gasteiger partial charge in [0.1, 0.15) is 18.5 Å². The topological polar surface area (TPSA) is 103 Å². The van der Waals surface area contributed by atoms with E-state index in [1.165, 1.54) is 12.4 Å². The summed E-state index contributed by atoms with van der Waals surface area (Å²) in [4.78, 5) is 24.5. The molecule has 25 heavy (non-hydrogen) atoms. The van der Waals surface area contributed by atoms with Crippen molar-refractivity contribution in [2.45, 2.75) is 37.8 Å². The Labute approximate surface area is 143 Å². The number of hydrogen-bond acceptors (Lipinski definition) is 7. The fraction of sp³-hybridized carbons (Fsp3) is 0.375. The van der Waals surface area contributed by atoms with Crippen molar-refractivity contribution in [2.75, 3.05) is 5.32 Å². The Balaban J connectivity index is 1.45. The molecule has 0 aromatic carbocycles. The second-order valence-corrected chi connectivity index (χ2v) is 6.05. The first kappa shape index (κ1) is 15.4. The van der Waals surface area contributed by atoms with Gasteiger partial charge in [0, 0.05) is 24.5 Å². The van der Waals surface area contributed by atoms with Crippen LogP contribution in [-0.2, 0) is 0 Å². The number of nitrogens with zero attached hydrogens (tertiary/aromatic N) is 7. The Morgan fingerprint density at radius 1 is 1.08 bits per heavy atom. The van der Waals surface area contributed by atoms with Crippen LogP contribution in [0.1, 0.15) is 31.7 Å². The lowest BCUT2D eigenvalue weighted by molar-refractivity contribution is 0.302. The molecule has 1 N–H and O–H groups in total. The van der Waals surface area contributed by atoms with E-state index in [1.54, 1.807) is 40.3 Å². The van der Waals surface area contributed by atoms with Crippen LogP contribution in [0.5, 0.6) is 0 Å². The minimum atomic E-state index is -0.0887. The predicted molar refractivity (Wildman–Crippen MR) is 90.4 cm³/mol. The van der Waals surface area contributed by atoms with Gasteiger partial charge in [-0.2, -0.15) is 5.10 Å². The third kappa shape index (κ3) is 3.39. The van der Waals surface area contributed by atoms with Gasteiger partial charge >= 0.3 is 0 Å². The number of rotatable bonds is 4. The molecule has 0 bridgehead atoms. The standard InChI is InChI=1S/C16H18N8O/c25-16-6-5-15(23-11-18-10-20-23)22-24(16)13-3-1-12(2-4-13)21-14-9-17-7-8-19-14/h5-13H,1-4H2,(H,19,21). The minimum absolute atomic E-state index is 0.0887. The maximum absolute atomic E-state index is 12.2. The number of nitrogens with one attached hydrogen (secondary N) is 1. The molecular formula is C16H18N8O. The van der Waals surface area contributed by atoms with E-state index in [0.29, 0.717) is 11.9 Å². The lowest BCUT2D eigenvalue weighted by Crippen LogP contribution is -2.33. The second kappa shape index (κ2) is 6.80. The molecule has 1 aliphatic carbocycles. The quantitative estimate of drug-likeness (QED) is 0.762. The summed E-state index contributed by atoms with van der Waals surface area (Å²) in [6, 6.07) is 3.63. The summed E-state index contributed by atoms with van der Waals surface area (Å²) >= 11 is 0. The maximum Gasteiger partial charge on any atom is 0.267 e. The van der Waals surface area contributed by atoms with Crippen molar-refractivity contribution < 1.29 is 0 Å². The highest BCUT2D eigenvalue weighted by Gasteiger charge is 2.24. The van der Waals surface area contributed by atoms with Crippen molar-refractivity contribution in [1.29, 1.82) is 0 Å². The number of aromatic nitrogens is 7. The van der Waals surface area contributed by atoms with Crippen LogP contribution in [-0.4, -0.2) is 40.6 Å². The average Bonchev–Trinajstić information content (AvgIpc) is 3.19. The monoisotopic (exact) mass is 338 g/mol. The van der Waals surface area contributed by atoms with E-state index in [4.69, 9.17) is 0 Å². The third-order valence-corrected chi connectivity index (χ3v) is 4.42. The molecule has 0 spiro atoms. The Morgan fingerprint density at radius 2 is 1.96 bits per heavy atom.